The third kappa shape index (κ3) is 2.13. The number of H-pyrrole nitrogens is 1. The van der Waals surface area contributed by atoms with Crippen molar-refractivity contribution in [1.82, 2.24) is 9.78 Å². The van der Waals surface area contributed by atoms with Gasteiger partial charge in [0.05, 0.1) is 0 Å². The van der Waals surface area contributed by atoms with Crippen LogP contribution in [0.2, 0.25) is 0 Å². The van der Waals surface area contributed by atoms with Gasteiger partial charge in [0.25, 0.3) is 5.56 Å². The van der Waals surface area contributed by atoms with Gasteiger partial charge >= 0.3 is 0 Å². The van der Waals surface area contributed by atoms with Crippen LogP contribution >= 0.6 is 23.4 Å². The van der Waals surface area contributed by atoms with E-state index in [1.165, 1.54) is 16.4 Å². The molecule has 0 amide bonds. The number of aromatic nitrogens is 2. The highest BCUT2D eigenvalue weighted by Gasteiger charge is 2.10. The minimum absolute atomic E-state index is 0.209. The Bertz CT molecular complexity index is 408. The second-order valence-electron chi connectivity index (χ2n) is 2.52. The van der Waals surface area contributed by atoms with E-state index < -0.39 is 0 Å². The minimum atomic E-state index is -0.209. The third-order valence-corrected chi connectivity index (χ3v) is 2.63. The molecule has 0 atom stereocenters. The lowest BCUT2D eigenvalue weighted by Gasteiger charge is -1.99. The zero-order valence-corrected chi connectivity index (χ0v) is 9.66. The van der Waals surface area contributed by atoms with Crippen LogP contribution in [0.15, 0.2) is 9.79 Å². The van der Waals surface area contributed by atoms with Crippen LogP contribution in [0.5, 0.6) is 0 Å². The maximum Gasteiger partial charge on any atom is 0.289 e. The molecule has 1 aromatic heterocycles. The van der Waals surface area contributed by atoms with Gasteiger partial charge in [-0.2, -0.15) is 0 Å². The Hall–Kier alpha value is -0.880. The monoisotopic (exact) mass is 234 g/mol. The summed E-state index contributed by atoms with van der Waals surface area (Å²) < 4.78 is 1.91. The minimum Gasteiger partial charge on any atom is -0.381 e. The molecule has 0 aromatic carbocycles. The molecule has 7 heteroatoms. The van der Waals surface area contributed by atoms with Crippen molar-refractivity contribution in [3.05, 3.63) is 10.4 Å². The zero-order chi connectivity index (χ0) is 10.7. The summed E-state index contributed by atoms with van der Waals surface area (Å²) in [6.45, 7) is 0. The topological polar surface area (TPSA) is 62.2 Å². The number of aryl methyl sites for hydroxylation is 1. The van der Waals surface area contributed by atoms with Gasteiger partial charge in [0.2, 0.25) is 0 Å². The van der Waals surface area contributed by atoms with Crippen molar-refractivity contribution in [2.45, 2.75) is 0 Å². The zero-order valence-electron chi connectivity index (χ0n) is 8.09. The average molecular weight is 235 g/mol. The second-order valence-corrected chi connectivity index (χ2v) is 3.89. The molecule has 0 aliphatic heterocycles. The number of rotatable bonds is 2. The molecule has 0 unspecified atom stereocenters. The van der Waals surface area contributed by atoms with Gasteiger partial charge < -0.3 is 5.32 Å². The molecule has 0 spiro atoms. The van der Waals surface area contributed by atoms with Crippen molar-refractivity contribution in [1.29, 1.82) is 0 Å². The van der Waals surface area contributed by atoms with Gasteiger partial charge in [0.15, 0.2) is 10.3 Å². The van der Waals surface area contributed by atoms with Gasteiger partial charge in [0, 0.05) is 14.1 Å². The van der Waals surface area contributed by atoms with E-state index in [2.05, 4.69) is 15.4 Å². The third-order valence-electron chi connectivity index (χ3n) is 1.65. The first-order valence-corrected chi connectivity index (χ1v) is 5.45. The Morgan fingerprint density at radius 1 is 1.71 bits per heavy atom. The van der Waals surface area contributed by atoms with Crippen molar-refractivity contribution in [3.63, 3.8) is 0 Å². The van der Waals surface area contributed by atoms with Gasteiger partial charge in [-0.3, -0.25) is 14.6 Å². The maximum atomic E-state index is 11.3. The first kappa shape index (κ1) is 11.2. The van der Waals surface area contributed by atoms with Crippen LogP contribution in [0.25, 0.3) is 0 Å². The van der Waals surface area contributed by atoms with Crippen molar-refractivity contribution in [3.8, 4) is 0 Å². The smallest absolute Gasteiger partial charge is 0.289 e. The molecular weight excluding hydrogens is 224 g/mol. The number of thioether (sulfide) groups is 1. The molecule has 14 heavy (non-hydrogen) atoms. The fourth-order valence-electron chi connectivity index (χ4n) is 1.02. The van der Waals surface area contributed by atoms with E-state index in [4.69, 9.17) is 11.6 Å². The van der Waals surface area contributed by atoms with Gasteiger partial charge in [0.1, 0.15) is 5.69 Å². The summed E-state index contributed by atoms with van der Waals surface area (Å²) in [6.07, 6.45) is 1.82. The largest absolute Gasteiger partial charge is 0.381 e. The molecule has 1 heterocycles. The summed E-state index contributed by atoms with van der Waals surface area (Å²) in [5, 5.41) is 5.35. The van der Waals surface area contributed by atoms with E-state index in [9.17, 15) is 4.79 Å². The Kier molecular flexibility index (Phi) is 3.65. The number of hydrogen-bond acceptors (Lipinski definition) is 4. The van der Waals surface area contributed by atoms with Crippen LogP contribution < -0.4 is 10.9 Å². The molecule has 1 aromatic rings. The number of aliphatic imine (C=N–C) groups is 1. The summed E-state index contributed by atoms with van der Waals surface area (Å²) in [7, 11) is 3.36. The Morgan fingerprint density at radius 2 is 2.36 bits per heavy atom. The van der Waals surface area contributed by atoms with Crippen LogP contribution in [-0.4, -0.2) is 27.6 Å². The molecule has 0 aliphatic carbocycles. The molecule has 0 radical (unpaired) electrons. The number of anilines is 1. The summed E-state index contributed by atoms with van der Waals surface area (Å²) >= 11 is 7.08. The normalized spacial score (nSPS) is 11.9. The van der Waals surface area contributed by atoms with Crippen LogP contribution in [-0.2, 0) is 7.05 Å². The van der Waals surface area contributed by atoms with Crippen LogP contribution in [0.4, 0.5) is 11.5 Å². The van der Waals surface area contributed by atoms with Crippen molar-refractivity contribution in [2.24, 2.45) is 12.0 Å². The van der Waals surface area contributed by atoms with Gasteiger partial charge in [-0.15, -0.1) is 0 Å². The molecule has 0 bridgehead atoms. The first-order valence-electron chi connectivity index (χ1n) is 3.85. The molecule has 2 N–H and O–H groups in total. The lowest BCUT2D eigenvalue weighted by atomic mass is 10.5. The fourth-order valence-corrected chi connectivity index (χ4v) is 1.27. The molecule has 0 aliphatic rings. The van der Waals surface area contributed by atoms with E-state index in [0.29, 0.717) is 16.0 Å². The summed E-state index contributed by atoms with van der Waals surface area (Å²) in [6, 6.07) is 0. The average Bonchev–Trinajstić information content (AvgIpc) is 2.41. The van der Waals surface area contributed by atoms with Crippen LogP contribution in [0.1, 0.15) is 0 Å². The van der Waals surface area contributed by atoms with Crippen LogP contribution in [0.3, 0.4) is 0 Å². The molecule has 1 rings (SSSR count). The number of aromatic amines is 1. The van der Waals surface area contributed by atoms with E-state index >= 15 is 0 Å². The number of hydrogen-bond donors (Lipinski definition) is 2. The number of nitrogens with zero attached hydrogens (tertiary/aromatic N) is 2. The lowest BCUT2D eigenvalue weighted by Crippen LogP contribution is -2.05. The highest BCUT2D eigenvalue weighted by atomic mass is 35.5. The maximum absolute atomic E-state index is 11.3. The van der Waals surface area contributed by atoms with Crippen molar-refractivity contribution < 1.29 is 0 Å². The SMILES string of the molecule is CNc1c(N=C(Cl)SC)n(C)[nH]c1=O. The van der Waals surface area contributed by atoms with Gasteiger partial charge in [-0.1, -0.05) is 23.4 Å². The number of nitrogens with one attached hydrogen (secondary N) is 2. The van der Waals surface area contributed by atoms with Gasteiger partial charge in [-0.05, 0) is 6.26 Å². The molecule has 78 valence electrons. The van der Waals surface area contributed by atoms with Crippen LogP contribution in [0, 0.1) is 0 Å². The van der Waals surface area contributed by atoms with E-state index in [-0.39, 0.29) is 5.56 Å². The highest BCUT2D eigenvalue weighted by molar-refractivity contribution is 8.16. The molecule has 0 saturated carbocycles. The van der Waals surface area contributed by atoms with E-state index in [1.54, 1.807) is 14.1 Å². The summed E-state index contributed by atoms with van der Waals surface area (Å²) in [5.41, 5.74) is 0.207. The molecule has 5 nitrogen and oxygen atoms in total. The highest BCUT2D eigenvalue weighted by Crippen LogP contribution is 2.21. The fraction of sp³-hybridized carbons (Fsp3) is 0.429. The number of halogens is 1. The molecule has 0 fully saturated rings. The summed E-state index contributed by atoms with van der Waals surface area (Å²) in [5.74, 6) is 0.497. The Balaban J connectivity index is 3.26. The Labute approximate surface area is 90.5 Å². The standard InChI is InChI=1S/C7H11ClN4OS/c1-9-4-5(10-7(8)14-3)12(2)11-6(4)13/h9H,1-3H3,(H,11,13). The van der Waals surface area contributed by atoms with Crippen molar-refractivity contribution in [2.75, 3.05) is 18.6 Å². The van der Waals surface area contributed by atoms with Gasteiger partial charge in [-0.25, -0.2) is 4.99 Å². The predicted molar refractivity (Wildman–Crippen MR) is 62.0 cm³/mol. The van der Waals surface area contributed by atoms with E-state index in [1.807, 2.05) is 6.26 Å². The first-order chi connectivity index (χ1) is 6.60. The summed E-state index contributed by atoms with van der Waals surface area (Å²) in [4.78, 5) is 15.4. The predicted octanol–water partition coefficient (Wildman–Crippen LogP) is 1.34. The Morgan fingerprint density at radius 3 is 2.86 bits per heavy atom. The second kappa shape index (κ2) is 4.56. The van der Waals surface area contributed by atoms with E-state index in [0.717, 1.165) is 0 Å². The molecule has 0 saturated heterocycles. The molecular formula is C7H11ClN4OS. The lowest BCUT2D eigenvalue weighted by molar-refractivity contribution is 0.760. The quantitative estimate of drug-likeness (QED) is 0.600. The van der Waals surface area contributed by atoms with Crippen molar-refractivity contribution >= 4 is 39.4 Å².